The van der Waals surface area contributed by atoms with Gasteiger partial charge in [-0.05, 0) is 19.1 Å². The lowest BCUT2D eigenvalue weighted by Crippen LogP contribution is -2.52. The first-order chi connectivity index (χ1) is 9.63. The van der Waals surface area contributed by atoms with Crippen LogP contribution in [-0.2, 0) is 9.53 Å². The van der Waals surface area contributed by atoms with Gasteiger partial charge in [-0.15, -0.1) is 0 Å². The van der Waals surface area contributed by atoms with E-state index in [9.17, 15) is 9.59 Å². The lowest BCUT2D eigenvalue weighted by Gasteiger charge is -2.35. The number of hydrogen-bond donors (Lipinski definition) is 0. The van der Waals surface area contributed by atoms with Crippen LogP contribution in [0.4, 0.5) is 0 Å². The molecule has 5 heteroatoms. The molecule has 1 aromatic rings. The molecule has 1 heterocycles. The zero-order valence-corrected chi connectivity index (χ0v) is 11.9. The van der Waals surface area contributed by atoms with Crippen molar-refractivity contribution >= 4 is 11.8 Å². The molecule has 1 aliphatic rings. The molecule has 5 nitrogen and oxygen atoms in total. The van der Waals surface area contributed by atoms with E-state index in [1.54, 1.807) is 16.7 Å². The van der Waals surface area contributed by atoms with Gasteiger partial charge in [-0.1, -0.05) is 18.2 Å². The van der Waals surface area contributed by atoms with Gasteiger partial charge in [-0.3, -0.25) is 9.59 Å². The molecule has 1 unspecified atom stereocenters. The molecular weight excluding hydrogens is 256 g/mol. The molecule has 1 aromatic carbocycles. The summed E-state index contributed by atoms with van der Waals surface area (Å²) in [6.45, 7) is 3.99. The summed E-state index contributed by atoms with van der Waals surface area (Å²) in [5, 5.41) is 0. The predicted octanol–water partition coefficient (Wildman–Crippen LogP) is 1.01. The smallest absolute Gasteiger partial charge is 0.253 e. The van der Waals surface area contributed by atoms with E-state index >= 15 is 0 Å². The number of hydrogen-bond acceptors (Lipinski definition) is 3. The summed E-state index contributed by atoms with van der Waals surface area (Å²) in [6, 6.07) is 9.22. The maximum Gasteiger partial charge on any atom is 0.253 e. The Bertz CT molecular complexity index is 467. The Morgan fingerprint density at radius 1 is 1.05 bits per heavy atom. The van der Waals surface area contributed by atoms with Crippen LogP contribution in [0.25, 0.3) is 0 Å². The summed E-state index contributed by atoms with van der Waals surface area (Å²) in [6.07, 6.45) is -0.425. The third-order valence-electron chi connectivity index (χ3n) is 3.60. The monoisotopic (exact) mass is 276 g/mol. The van der Waals surface area contributed by atoms with Gasteiger partial charge in [0.25, 0.3) is 11.8 Å². The molecule has 20 heavy (non-hydrogen) atoms. The van der Waals surface area contributed by atoms with E-state index in [0.717, 1.165) is 0 Å². The summed E-state index contributed by atoms with van der Waals surface area (Å²) in [4.78, 5) is 27.8. The Morgan fingerprint density at radius 2 is 1.60 bits per heavy atom. The van der Waals surface area contributed by atoms with Crippen LogP contribution in [0.3, 0.4) is 0 Å². The van der Waals surface area contributed by atoms with Crippen LogP contribution in [0.1, 0.15) is 17.3 Å². The first-order valence-corrected chi connectivity index (χ1v) is 6.79. The van der Waals surface area contributed by atoms with Gasteiger partial charge in [0.1, 0.15) is 6.10 Å². The molecule has 0 aliphatic carbocycles. The number of nitrogens with zero attached hydrogens (tertiary/aromatic N) is 2. The van der Waals surface area contributed by atoms with Crippen molar-refractivity contribution in [2.24, 2.45) is 0 Å². The minimum atomic E-state index is -0.425. The summed E-state index contributed by atoms with van der Waals surface area (Å²) < 4.78 is 5.04. The van der Waals surface area contributed by atoms with E-state index in [2.05, 4.69) is 0 Å². The average molecular weight is 276 g/mol. The molecule has 0 radical (unpaired) electrons. The molecule has 0 N–H and O–H groups in total. The molecule has 0 saturated carbocycles. The van der Waals surface area contributed by atoms with Crippen LogP contribution in [-0.4, -0.2) is 61.0 Å². The van der Waals surface area contributed by atoms with Crippen LogP contribution in [0.15, 0.2) is 30.3 Å². The molecule has 0 aromatic heterocycles. The molecule has 1 fully saturated rings. The van der Waals surface area contributed by atoms with Crippen LogP contribution in [0.2, 0.25) is 0 Å². The quantitative estimate of drug-likeness (QED) is 0.828. The number of rotatable bonds is 3. The molecule has 1 atom stereocenters. The largest absolute Gasteiger partial charge is 0.372 e. The number of ether oxygens (including phenoxy) is 1. The highest BCUT2D eigenvalue weighted by Gasteiger charge is 2.27. The highest BCUT2D eigenvalue weighted by Crippen LogP contribution is 2.10. The van der Waals surface area contributed by atoms with Gasteiger partial charge in [-0.25, -0.2) is 0 Å². The van der Waals surface area contributed by atoms with E-state index < -0.39 is 6.10 Å². The van der Waals surface area contributed by atoms with Crippen molar-refractivity contribution < 1.29 is 14.3 Å². The minimum absolute atomic E-state index is 0.0145. The lowest BCUT2D eigenvalue weighted by atomic mass is 10.2. The number of carbonyl (C=O) groups is 2. The van der Waals surface area contributed by atoms with Gasteiger partial charge in [0.15, 0.2) is 0 Å². The number of methoxy groups -OCH3 is 1. The van der Waals surface area contributed by atoms with E-state index in [1.165, 1.54) is 7.11 Å². The Hall–Kier alpha value is -1.88. The first kappa shape index (κ1) is 14.5. The van der Waals surface area contributed by atoms with E-state index in [4.69, 9.17) is 4.74 Å². The zero-order valence-electron chi connectivity index (χ0n) is 11.9. The Morgan fingerprint density at radius 3 is 2.15 bits per heavy atom. The molecule has 2 amide bonds. The van der Waals surface area contributed by atoms with Gasteiger partial charge in [0.2, 0.25) is 0 Å². The van der Waals surface area contributed by atoms with Crippen LogP contribution >= 0.6 is 0 Å². The van der Waals surface area contributed by atoms with Crippen molar-refractivity contribution in [1.82, 2.24) is 9.80 Å². The van der Waals surface area contributed by atoms with Crippen LogP contribution < -0.4 is 0 Å². The van der Waals surface area contributed by atoms with E-state index in [1.807, 2.05) is 30.3 Å². The maximum atomic E-state index is 12.3. The van der Waals surface area contributed by atoms with Crippen molar-refractivity contribution in [1.29, 1.82) is 0 Å². The van der Waals surface area contributed by atoms with Crippen molar-refractivity contribution in [3.8, 4) is 0 Å². The second kappa shape index (κ2) is 6.52. The molecular formula is C15H20N2O3. The first-order valence-electron chi connectivity index (χ1n) is 6.79. The summed E-state index contributed by atoms with van der Waals surface area (Å²) >= 11 is 0. The highest BCUT2D eigenvalue weighted by molar-refractivity contribution is 5.94. The van der Waals surface area contributed by atoms with Gasteiger partial charge in [-0.2, -0.15) is 0 Å². The fourth-order valence-corrected chi connectivity index (χ4v) is 2.25. The Balaban J connectivity index is 1.92. The third-order valence-corrected chi connectivity index (χ3v) is 3.60. The minimum Gasteiger partial charge on any atom is -0.372 e. The maximum absolute atomic E-state index is 12.3. The van der Waals surface area contributed by atoms with E-state index in [-0.39, 0.29) is 11.8 Å². The van der Waals surface area contributed by atoms with Gasteiger partial charge < -0.3 is 14.5 Å². The topological polar surface area (TPSA) is 49.9 Å². The fraction of sp³-hybridized carbons (Fsp3) is 0.467. The molecule has 1 aliphatic heterocycles. The fourth-order valence-electron chi connectivity index (χ4n) is 2.25. The lowest BCUT2D eigenvalue weighted by molar-refractivity contribution is -0.142. The normalized spacial score (nSPS) is 16.9. The summed E-state index contributed by atoms with van der Waals surface area (Å²) in [5.41, 5.74) is 0.692. The van der Waals surface area contributed by atoms with Crippen LogP contribution in [0.5, 0.6) is 0 Å². The summed E-state index contributed by atoms with van der Waals surface area (Å²) in [7, 11) is 1.53. The van der Waals surface area contributed by atoms with Crippen LogP contribution in [0, 0.1) is 0 Å². The standard InChI is InChI=1S/C15H20N2O3/c1-12(20-2)14(18)16-8-10-17(11-9-16)15(19)13-6-4-3-5-7-13/h3-7,12H,8-11H2,1-2H3. The molecule has 108 valence electrons. The van der Waals surface area contributed by atoms with Crippen molar-refractivity contribution in [3.05, 3.63) is 35.9 Å². The zero-order chi connectivity index (χ0) is 14.5. The van der Waals surface area contributed by atoms with Crippen molar-refractivity contribution in [3.63, 3.8) is 0 Å². The number of carbonyl (C=O) groups excluding carboxylic acids is 2. The number of piperazine rings is 1. The van der Waals surface area contributed by atoms with Gasteiger partial charge in [0.05, 0.1) is 0 Å². The van der Waals surface area contributed by atoms with E-state index in [0.29, 0.717) is 31.7 Å². The predicted molar refractivity (Wildman–Crippen MR) is 75.4 cm³/mol. The summed E-state index contributed by atoms with van der Waals surface area (Å²) in [5.74, 6) is 0.0109. The van der Waals surface area contributed by atoms with Gasteiger partial charge in [0, 0.05) is 38.9 Å². The van der Waals surface area contributed by atoms with Crippen molar-refractivity contribution in [2.75, 3.05) is 33.3 Å². The molecule has 0 spiro atoms. The highest BCUT2D eigenvalue weighted by atomic mass is 16.5. The molecule has 0 bridgehead atoms. The number of benzene rings is 1. The molecule has 2 rings (SSSR count). The SMILES string of the molecule is COC(C)C(=O)N1CCN(C(=O)c2ccccc2)CC1. The third kappa shape index (κ3) is 3.17. The number of amides is 2. The Kier molecular flexibility index (Phi) is 4.74. The van der Waals surface area contributed by atoms with Gasteiger partial charge >= 0.3 is 0 Å². The second-order valence-corrected chi connectivity index (χ2v) is 4.86. The average Bonchev–Trinajstić information content (AvgIpc) is 2.53. The second-order valence-electron chi connectivity index (χ2n) is 4.86. The molecule has 1 saturated heterocycles. The Labute approximate surface area is 119 Å². The van der Waals surface area contributed by atoms with Crippen molar-refractivity contribution in [2.45, 2.75) is 13.0 Å².